The number of carbonyl (C=O) groups excluding carboxylic acids is 1. The van der Waals surface area contributed by atoms with Crippen LogP contribution in [0.25, 0.3) is 44.2 Å². The molecule has 136 valence electrons. The molecular weight excluding hydrogens is 412 g/mol. The molecule has 0 radical (unpaired) electrons. The van der Waals surface area contributed by atoms with Gasteiger partial charge in [0.15, 0.2) is 0 Å². The van der Waals surface area contributed by atoms with Gasteiger partial charge < -0.3 is 4.74 Å². The molecule has 3 heteroatoms. The lowest BCUT2D eigenvalue weighted by Crippen LogP contribution is -2.07. The van der Waals surface area contributed by atoms with Crippen molar-refractivity contribution in [3.63, 3.8) is 0 Å². The van der Waals surface area contributed by atoms with Crippen LogP contribution in [0.15, 0.2) is 77.3 Å². The van der Waals surface area contributed by atoms with Gasteiger partial charge in [-0.15, -0.1) is 0 Å². The van der Waals surface area contributed by atoms with Gasteiger partial charge in [0, 0.05) is 10.0 Å². The summed E-state index contributed by atoms with van der Waals surface area (Å²) < 4.78 is 6.42. The summed E-state index contributed by atoms with van der Waals surface area (Å²) in [6, 6.07) is 24.8. The van der Waals surface area contributed by atoms with E-state index in [0.29, 0.717) is 12.2 Å². The summed E-state index contributed by atoms with van der Waals surface area (Å²) in [5, 5.41) is 2.33. The van der Waals surface area contributed by atoms with E-state index >= 15 is 0 Å². The highest BCUT2D eigenvalue weighted by Gasteiger charge is 2.29. The van der Waals surface area contributed by atoms with Crippen molar-refractivity contribution in [3.8, 4) is 33.4 Å². The van der Waals surface area contributed by atoms with Crippen LogP contribution in [0.1, 0.15) is 17.3 Å². The quantitative estimate of drug-likeness (QED) is 0.286. The molecule has 0 unspecified atom stereocenters. The Balaban J connectivity index is 1.91. The van der Waals surface area contributed by atoms with E-state index in [4.69, 9.17) is 4.74 Å². The molecule has 1 aliphatic carbocycles. The minimum atomic E-state index is -0.276. The van der Waals surface area contributed by atoms with Crippen molar-refractivity contribution in [1.29, 1.82) is 0 Å². The molecule has 0 aliphatic heterocycles. The van der Waals surface area contributed by atoms with Crippen LogP contribution in [-0.4, -0.2) is 12.6 Å². The maximum atomic E-state index is 12.8. The van der Waals surface area contributed by atoms with Crippen LogP contribution >= 0.6 is 15.9 Å². The molecule has 4 aromatic carbocycles. The van der Waals surface area contributed by atoms with Gasteiger partial charge in [0.25, 0.3) is 0 Å². The average molecular weight is 429 g/mol. The van der Waals surface area contributed by atoms with Crippen molar-refractivity contribution in [3.05, 3.63) is 82.8 Å². The fourth-order valence-corrected chi connectivity index (χ4v) is 4.65. The zero-order valence-electron chi connectivity index (χ0n) is 15.3. The van der Waals surface area contributed by atoms with Gasteiger partial charge in [0.1, 0.15) is 0 Å². The Bertz CT molecular complexity index is 1240. The summed E-state index contributed by atoms with van der Waals surface area (Å²) in [4.78, 5) is 12.8. The summed E-state index contributed by atoms with van der Waals surface area (Å²) in [6.45, 7) is 2.19. The maximum Gasteiger partial charge on any atom is 0.338 e. The SMILES string of the molecule is CCOC(=O)c1ccc(-c2ccccc2)c2c1-c1ccc(Br)c3cccc-2c13. The second-order valence-electron chi connectivity index (χ2n) is 6.82. The lowest BCUT2D eigenvalue weighted by molar-refractivity contribution is 0.0527. The Hall–Kier alpha value is -2.91. The van der Waals surface area contributed by atoms with E-state index in [1.165, 1.54) is 5.39 Å². The Morgan fingerprint density at radius 3 is 2.36 bits per heavy atom. The lowest BCUT2D eigenvalue weighted by Gasteiger charge is -2.14. The van der Waals surface area contributed by atoms with Gasteiger partial charge in [-0.1, -0.05) is 76.6 Å². The zero-order chi connectivity index (χ0) is 19.3. The third-order valence-corrected chi connectivity index (χ3v) is 6.00. The van der Waals surface area contributed by atoms with E-state index in [2.05, 4.69) is 58.4 Å². The Labute approximate surface area is 171 Å². The summed E-state index contributed by atoms with van der Waals surface area (Å²) in [6.07, 6.45) is 0. The van der Waals surface area contributed by atoms with Crippen molar-refractivity contribution in [2.45, 2.75) is 6.92 Å². The minimum Gasteiger partial charge on any atom is -0.462 e. The first-order valence-corrected chi connectivity index (χ1v) is 10.1. The first-order valence-electron chi connectivity index (χ1n) is 9.32. The smallest absolute Gasteiger partial charge is 0.338 e. The number of esters is 1. The van der Waals surface area contributed by atoms with Crippen LogP contribution in [0.2, 0.25) is 0 Å². The summed E-state index contributed by atoms with van der Waals surface area (Å²) >= 11 is 3.68. The van der Waals surface area contributed by atoms with Crippen LogP contribution in [0.3, 0.4) is 0 Å². The van der Waals surface area contributed by atoms with Crippen LogP contribution in [0.4, 0.5) is 0 Å². The maximum absolute atomic E-state index is 12.8. The third kappa shape index (κ3) is 2.43. The largest absolute Gasteiger partial charge is 0.462 e. The first-order chi connectivity index (χ1) is 13.7. The van der Waals surface area contributed by atoms with Gasteiger partial charge in [-0.25, -0.2) is 4.79 Å². The highest BCUT2D eigenvalue weighted by Crippen LogP contribution is 2.53. The first kappa shape index (κ1) is 17.2. The van der Waals surface area contributed by atoms with E-state index in [1.807, 2.05) is 37.3 Å². The van der Waals surface area contributed by atoms with Crippen molar-refractivity contribution >= 4 is 32.7 Å². The fourth-order valence-electron chi connectivity index (χ4n) is 4.19. The van der Waals surface area contributed by atoms with Gasteiger partial charge in [-0.2, -0.15) is 0 Å². The molecule has 0 fully saturated rings. The van der Waals surface area contributed by atoms with Gasteiger partial charge in [-0.05, 0) is 57.6 Å². The molecule has 0 saturated carbocycles. The number of fused-ring (bicyclic) bond motifs is 3. The number of carbonyl (C=O) groups is 1. The van der Waals surface area contributed by atoms with Crippen molar-refractivity contribution in [2.75, 3.05) is 6.61 Å². The van der Waals surface area contributed by atoms with Crippen LogP contribution in [0, 0.1) is 0 Å². The molecule has 0 atom stereocenters. The standard InChI is InChI=1S/C25H17BrO2/c1-2-28-25(27)20-12-11-16(15-7-4-3-5-8-15)23-18-10-6-9-17-21(26)14-13-19(22(17)18)24(20)23/h3-14H,2H2,1H3. The number of halogens is 1. The Morgan fingerprint density at radius 2 is 1.57 bits per heavy atom. The molecule has 0 heterocycles. The molecule has 0 N–H and O–H groups in total. The molecule has 4 aromatic rings. The topological polar surface area (TPSA) is 26.3 Å². The predicted molar refractivity (Wildman–Crippen MR) is 117 cm³/mol. The summed E-state index contributed by atoms with van der Waals surface area (Å²) in [5.41, 5.74) is 7.21. The number of hydrogen-bond acceptors (Lipinski definition) is 2. The minimum absolute atomic E-state index is 0.276. The molecule has 0 aromatic heterocycles. The molecular formula is C25H17BrO2. The summed E-state index contributed by atoms with van der Waals surface area (Å²) in [5.74, 6) is -0.276. The van der Waals surface area contributed by atoms with E-state index in [0.717, 1.165) is 43.2 Å². The second kappa shape index (κ2) is 6.61. The van der Waals surface area contributed by atoms with Crippen LogP contribution in [0.5, 0.6) is 0 Å². The number of ether oxygens (including phenoxy) is 1. The van der Waals surface area contributed by atoms with Crippen LogP contribution in [-0.2, 0) is 4.74 Å². The van der Waals surface area contributed by atoms with E-state index in [9.17, 15) is 4.79 Å². The monoisotopic (exact) mass is 428 g/mol. The molecule has 28 heavy (non-hydrogen) atoms. The molecule has 0 bridgehead atoms. The fraction of sp³-hybridized carbons (Fsp3) is 0.0800. The lowest BCUT2D eigenvalue weighted by atomic mass is 9.90. The van der Waals surface area contributed by atoms with Crippen molar-refractivity contribution < 1.29 is 9.53 Å². The second-order valence-corrected chi connectivity index (χ2v) is 7.67. The highest BCUT2D eigenvalue weighted by atomic mass is 79.9. The van der Waals surface area contributed by atoms with E-state index < -0.39 is 0 Å². The average Bonchev–Trinajstić information content (AvgIpc) is 3.07. The van der Waals surface area contributed by atoms with Crippen molar-refractivity contribution in [1.82, 2.24) is 0 Å². The summed E-state index contributed by atoms with van der Waals surface area (Å²) in [7, 11) is 0. The third-order valence-electron chi connectivity index (χ3n) is 5.31. The molecule has 0 amide bonds. The number of hydrogen-bond donors (Lipinski definition) is 0. The van der Waals surface area contributed by atoms with Crippen LogP contribution < -0.4 is 0 Å². The Kier molecular flexibility index (Phi) is 4.06. The number of benzene rings is 4. The molecule has 0 saturated heterocycles. The predicted octanol–water partition coefficient (Wildman–Crippen LogP) is 7.09. The van der Waals surface area contributed by atoms with Gasteiger partial charge in [0.05, 0.1) is 12.2 Å². The van der Waals surface area contributed by atoms with Gasteiger partial charge in [-0.3, -0.25) is 0 Å². The van der Waals surface area contributed by atoms with Gasteiger partial charge >= 0.3 is 5.97 Å². The normalized spacial score (nSPS) is 11.5. The molecule has 5 rings (SSSR count). The van der Waals surface area contributed by atoms with Crippen molar-refractivity contribution in [2.24, 2.45) is 0 Å². The van der Waals surface area contributed by atoms with Gasteiger partial charge in [0.2, 0.25) is 0 Å². The number of rotatable bonds is 3. The van der Waals surface area contributed by atoms with E-state index in [1.54, 1.807) is 0 Å². The zero-order valence-corrected chi connectivity index (χ0v) is 16.9. The molecule has 2 nitrogen and oxygen atoms in total. The Morgan fingerprint density at radius 1 is 0.821 bits per heavy atom. The molecule has 0 spiro atoms. The van der Waals surface area contributed by atoms with E-state index in [-0.39, 0.29) is 5.97 Å². The highest BCUT2D eigenvalue weighted by molar-refractivity contribution is 9.10. The molecule has 1 aliphatic rings.